The SMILES string of the molecule is CCCCc1ccc(NC(=O)Nc2cccc(-c3ccc(N4CCN(C)CC4)nn3)c2)cc1. The number of nitrogens with one attached hydrogen (secondary N) is 2. The van der Waals surface area contributed by atoms with E-state index in [1.165, 1.54) is 18.4 Å². The van der Waals surface area contributed by atoms with Crippen molar-refractivity contribution in [1.82, 2.24) is 15.1 Å². The van der Waals surface area contributed by atoms with E-state index in [2.05, 4.69) is 56.7 Å². The molecule has 0 unspecified atom stereocenters. The molecule has 1 aliphatic rings. The lowest BCUT2D eigenvalue weighted by atomic mass is 10.1. The van der Waals surface area contributed by atoms with E-state index in [0.29, 0.717) is 5.69 Å². The van der Waals surface area contributed by atoms with Crippen molar-refractivity contribution in [3.8, 4) is 11.3 Å². The molecule has 7 heteroatoms. The first-order valence-electron chi connectivity index (χ1n) is 11.7. The number of urea groups is 1. The van der Waals surface area contributed by atoms with Crippen LogP contribution in [-0.2, 0) is 6.42 Å². The summed E-state index contributed by atoms with van der Waals surface area (Å²) in [5.74, 6) is 0.904. The first-order chi connectivity index (χ1) is 16.1. The number of carbonyl (C=O) groups excluding carboxylic acids is 1. The van der Waals surface area contributed by atoms with Gasteiger partial charge in [0.15, 0.2) is 5.82 Å². The second-order valence-electron chi connectivity index (χ2n) is 8.53. The van der Waals surface area contributed by atoms with Crippen molar-refractivity contribution in [1.29, 1.82) is 0 Å². The maximum Gasteiger partial charge on any atom is 0.323 e. The molecule has 2 N–H and O–H groups in total. The van der Waals surface area contributed by atoms with Crippen LogP contribution in [0.5, 0.6) is 0 Å². The van der Waals surface area contributed by atoms with Crippen LogP contribution in [0.15, 0.2) is 60.7 Å². The van der Waals surface area contributed by atoms with Gasteiger partial charge in [-0.1, -0.05) is 37.6 Å². The summed E-state index contributed by atoms with van der Waals surface area (Å²) in [6, 6.07) is 19.4. The molecule has 2 heterocycles. The van der Waals surface area contributed by atoms with E-state index >= 15 is 0 Å². The topological polar surface area (TPSA) is 73.4 Å². The van der Waals surface area contributed by atoms with Crippen LogP contribution in [0.1, 0.15) is 25.3 Å². The van der Waals surface area contributed by atoms with E-state index in [0.717, 1.165) is 55.4 Å². The highest BCUT2D eigenvalue weighted by atomic mass is 16.2. The van der Waals surface area contributed by atoms with Gasteiger partial charge < -0.3 is 20.4 Å². The molecule has 0 atom stereocenters. The summed E-state index contributed by atoms with van der Waals surface area (Å²) in [6.07, 6.45) is 3.41. The van der Waals surface area contributed by atoms with E-state index < -0.39 is 0 Å². The molecule has 1 aliphatic heterocycles. The number of aromatic nitrogens is 2. The van der Waals surface area contributed by atoms with Crippen LogP contribution in [-0.4, -0.2) is 54.4 Å². The minimum absolute atomic E-state index is 0.273. The fraction of sp³-hybridized carbons (Fsp3) is 0.346. The van der Waals surface area contributed by atoms with Gasteiger partial charge in [0.05, 0.1) is 5.69 Å². The Morgan fingerprint density at radius 3 is 2.36 bits per heavy atom. The van der Waals surface area contributed by atoms with E-state index in [-0.39, 0.29) is 6.03 Å². The van der Waals surface area contributed by atoms with Crippen molar-refractivity contribution in [2.75, 3.05) is 48.8 Å². The summed E-state index contributed by atoms with van der Waals surface area (Å²) in [5, 5.41) is 14.7. The fourth-order valence-corrected chi connectivity index (χ4v) is 3.87. The maximum atomic E-state index is 12.5. The summed E-state index contributed by atoms with van der Waals surface area (Å²) < 4.78 is 0. The van der Waals surface area contributed by atoms with Gasteiger partial charge in [-0.05, 0) is 61.9 Å². The molecule has 1 saturated heterocycles. The molecule has 7 nitrogen and oxygen atoms in total. The quantitative estimate of drug-likeness (QED) is 0.543. The lowest BCUT2D eigenvalue weighted by Crippen LogP contribution is -2.44. The van der Waals surface area contributed by atoms with Crippen LogP contribution in [0.4, 0.5) is 22.0 Å². The smallest absolute Gasteiger partial charge is 0.323 e. The molecule has 2 aromatic carbocycles. The highest BCUT2D eigenvalue weighted by Crippen LogP contribution is 2.22. The standard InChI is InChI=1S/C26H32N6O/c1-3-4-6-20-9-11-22(12-10-20)27-26(33)28-23-8-5-7-21(19-23)24-13-14-25(30-29-24)32-17-15-31(2)16-18-32/h5,7-14,19H,3-4,6,15-18H2,1-2H3,(H2,27,28,33). The Balaban J connectivity index is 1.36. The number of rotatable bonds is 7. The average molecular weight is 445 g/mol. The second kappa shape index (κ2) is 10.9. The van der Waals surface area contributed by atoms with Crippen LogP contribution in [0.25, 0.3) is 11.3 Å². The number of piperazine rings is 1. The molecule has 4 rings (SSSR count). The maximum absolute atomic E-state index is 12.5. The third-order valence-corrected chi connectivity index (χ3v) is 5.92. The normalized spacial score (nSPS) is 14.2. The Morgan fingerprint density at radius 1 is 0.909 bits per heavy atom. The molecule has 0 bridgehead atoms. The molecule has 2 amide bonds. The molecule has 0 aliphatic carbocycles. The van der Waals surface area contributed by atoms with E-state index in [4.69, 9.17) is 0 Å². The van der Waals surface area contributed by atoms with Gasteiger partial charge in [0.2, 0.25) is 0 Å². The summed E-state index contributed by atoms with van der Waals surface area (Å²) in [5.41, 5.74) is 4.45. The van der Waals surface area contributed by atoms with E-state index in [1.807, 2.05) is 48.5 Å². The Morgan fingerprint density at radius 2 is 1.67 bits per heavy atom. The van der Waals surface area contributed by atoms with Crippen molar-refractivity contribution in [3.63, 3.8) is 0 Å². The van der Waals surface area contributed by atoms with Gasteiger partial charge >= 0.3 is 6.03 Å². The van der Waals surface area contributed by atoms with Crippen LogP contribution in [0.2, 0.25) is 0 Å². The zero-order valence-corrected chi connectivity index (χ0v) is 19.4. The van der Waals surface area contributed by atoms with Gasteiger partial charge in [0.1, 0.15) is 0 Å². The van der Waals surface area contributed by atoms with Crippen molar-refractivity contribution < 1.29 is 4.79 Å². The van der Waals surface area contributed by atoms with Crippen LogP contribution in [0.3, 0.4) is 0 Å². The summed E-state index contributed by atoms with van der Waals surface area (Å²) in [7, 11) is 2.14. The number of anilines is 3. The molecule has 1 fully saturated rings. The monoisotopic (exact) mass is 444 g/mol. The molecule has 0 saturated carbocycles. The van der Waals surface area contributed by atoms with E-state index in [1.54, 1.807) is 0 Å². The third kappa shape index (κ3) is 6.29. The molecular formula is C26H32N6O. The number of amides is 2. The number of unbranched alkanes of at least 4 members (excludes halogenated alkanes) is 1. The van der Waals surface area contributed by atoms with Crippen molar-refractivity contribution >= 4 is 23.2 Å². The van der Waals surface area contributed by atoms with Gasteiger partial charge in [0, 0.05) is 43.1 Å². The molecule has 172 valence electrons. The lowest BCUT2D eigenvalue weighted by Gasteiger charge is -2.32. The predicted molar refractivity (Wildman–Crippen MR) is 135 cm³/mol. The largest absolute Gasteiger partial charge is 0.353 e. The minimum atomic E-state index is -0.273. The molecule has 1 aromatic heterocycles. The lowest BCUT2D eigenvalue weighted by molar-refractivity contribution is 0.262. The number of hydrogen-bond donors (Lipinski definition) is 2. The highest BCUT2D eigenvalue weighted by Gasteiger charge is 2.15. The van der Waals surface area contributed by atoms with Crippen molar-refractivity contribution in [2.45, 2.75) is 26.2 Å². The van der Waals surface area contributed by atoms with Crippen LogP contribution in [0, 0.1) is 0 Å². The van der Waals surface area contributed by atoms with Gasteiger partial charge in [-0.15, -0.1) is 10.2 Å². The third-order valence-electron chi connectivity index (χ3n) is 5.92. The number of hydrogen-bond acceptors (Lipinski definition) is 5. The van der Waals surface area contributed by atoms with Gasteiger partial charge in [-0.3, -0.25) is 0 Å². The first-order valence-corrected chi connectivity index (χ1v) is 11.7. The second-order valence-corrected chi connectivity index (χ2v) is 8.53. The Hall–Kier alpha value is -3.45. The summed E-state index contributed by atoms with van der Waals surface area (Å²) in [4.78, 5) is 17.0. The predicted octanol–water partition coefficient (Wildman–Crippen LogP) is 4.88. The van der Waals surface area contributed by atoms with Gasteiger partial charge in [-0.2, -0.15) is 0 Å². The first kappa shape index (κ1) is 22.7. The van der Waals surface area contributed by atoms with Gasteiger partial charge in [0.25, 0.3) is 0 Å². The summed E-state index contributed by atoms with van der Waals surface area (Å²) >= 11 is 0. The number of carbonyl (C=O) groups is 1. The Kier molecular flexibility index (Phi) is 7.52. The van der Waals surface area contributed by atoms with Crippen molar-refractivity contribution in [3.05, 3.63) is 66.2 Å². The zero-order valence-electron chi connectivity index (χ0n) is 19.4. The fourth-order valence-electron chi connectivity index (χ4n) is 3.87. The molecule has 3 aromatic rings. The van der Waals surface area contributed by atoms with Crippen molar-refractivity contribution in [2.24, 2.45) is 0 Å². The summed E-state index contributed by atoms with van der Waals surface area (Å²) in [6.45, 7) is 6.16. The highest BCUT2D eigenvalue weighted by molar-refractivity contribution is 6.00. The van der Waals surface area contributed by atoms with Crippen LogP contribution < -0.4 is 15.5 Å². The Labute approximate surface area is 195 Å². The Bertz CT molecular complexity index is 1040. The molecule has 33 heavy (non-hydrogen) atoms. The number of aryl methyl sites for hydroxylation is 1. The van der Waals surface area contributed by atoms with E-state index in [9.17, 15) is 4.79 Å². The number of likely N-dealkylation sites (N-methyl/N-ethyl adjacent to an activating group) is 1. The minimum Gasteiger partial charge on any atom is -0.353 e. The number of benzene rings is 2. The average Bonchev–Trinajstić information content (AvgIpc) is 2.84. The molecular weight excluding hydrogens is 412 g/mol. The molecule has 0 radical (unpaired) electrons. The number of nitrogens with zero attached hydrogens (tertiary/aromatic N) is 4. The molecule has 0 spiro atoms. The van der Waals surface area contributed by atoms with Gasteiger partial charge in [-0.25, -0.2) is 4.79 Å². The van der Waals surface area contributed by atoms with Crippen LogP contribution >= 0.6 is 0 Å². The zero-order chi connectivity index (χ0) is 23.0.